The van der Waals surface area contributed by atoms with Crippen molar-refractivity contribution in [2.75, 3.05) is 20.1 Å². The molecule has 2 aromatic rings. The number of likely N-dealkylation sites (N-methyl/N-ethyl adjacent to an activating group) is 1. The molecule has 2 heterocycles. The average molecular weight is 478 g/mol. The van der Waals surface area contributed by atoms with Crippen molar-refractivity contribution < 1.29 is 14.4 Å². The van der Waals surface area contributed by atoms with Gasteiger partial charge in [0, 0.05) is 20.1 Å². The van der Waals surface area contributed by atoms with Crippen LogP contribution >= 0.6 is 0 Å². The third kappa shape index (κ3) is 5.17. The number of hydrogen-bond donors (Lipinski definition) is 1. The van der Waals surface area contributed by atoms with Crippen molar-refractivity contribution >= 4 is 17.8 Å². The van der Waals surface area contributed by atoms with Gasteiger partial charge in [-0.3, -0.25) is 9.59 Å². The van der Waals surface area contributed by atoms with E-state index < -0.39 is 12.2 Å². The predicted octanol–water partition coefficient (Wildman–Crippen LogP) is 2.98. The Labute approximate surface area is 207 Å². The zero-order valence-corrected chi connectivity index (χ0v) is 21.0. The Hall–Kier alpha value is -3.39. The van der Waals surface area contributed by atoms with Crippen molar-refractivity contribution in [3.8, 4) is 0 Å². The fraction of sp³-hybridized carbons (Fsp3) is 0.444. The van der Waals surface area contributed by atoms with Crippen molar-refractivity contribution in [3.63, 3.8) is 0 Å². The topological polar surface area (TPSA) is 76.2 Å². The molecule has 1 unspecified atom stereocenters. The van der Waals surface area contributed by atoms with Crippen LogP contribution in [0.5, 0.6) is 0 Å². The molecule has 8 heteroatoms. The van der Waals surface area contributed by atoms with Gasteiger partial charge in [-0.2, -0.15) is 0 Å². The zero-order valence-electron chi connectivity index (χ0n) is 21.0. The standard InChI is InChI=1S/C27H35N5O3/c1-5-20(3)25-26(34)30(16-22-13-9-10-19(2)14-22)17-23-31(25)24(33)18-29(4)32(23)27(35)28-15-21-11-7-6-8-12-21/h6-14,20,23,25H,5,15-18H2,1-4H3,(H,28,35)/t20?,23-,25-/m0/s1. The summed E-state index contributed by atoms with van der Waals surface area (Å²) in [7, 11) is 1.75. The summed E-state index contributed by atoms with van der Waals surface area (Å²) in [5.74, 6) is -0.218. The third-order valence-electron chi connectivity index (χ3n) is 7.00. The van der Waals surface area contributed by atoms with E-state index in [1.807, 2.05) is 69.3 Å². The minimum Gasteiger partial charge on any atom is -0.333 e. The van der Waals surface area contributed by atoms with Gasteiger partial charge in [0.1, 0.15) is 12.2 Å². The number of benzene rings is 2. The Morgan fingerprint density at radius 2 is 1.80 bits per heavy atom. The molecule has 3 atom stereocenters. The predicted molar refractivity (Wildman–Crippen MR) is 134 cm³/mol. The minimum absolute atomic E-state index is 0.0353. The van der Waals surface area contributed by atoms with Crippen LogP contribution in [0.2, 0.25) is 0 Å². The number of piperazine rings is 1. The van der Waals surface area contributed by atoms with Gasteiger partial charge in [-0.05, 0) is 24.0 Å². The van der Waals surface area contributed by atoms with Crippen molar-refractivity contribution in [2.24, 2.45) is 5.92 Å². The number of rotatable bonds is 6. The van der Waals surface area contributed by atoms with Crippen LogP contribution in [0.15, 0.2) is 54.6 Å². The number of fused-ring (bicyclic) bond motifs is 1. The van der Waals surface area contributed by atoms with Crippen LogP contribution in [-0.2, 0) is 22.7 Å². The lowest BCUT2D eigenvalue weighted by molar-refractivity contribution is -0.190. The van der Waals surface area contributed by atoms with Gasteiger partial charge in [0.2, 0.25) is 11.8 Å². The summed E-state index contributed by atoms with van der Waals surface area (Å²) in [6.07, 6.45) is 0.180. The average Bonchev–Trinajstić information content (AvgIpc) is 2.84. The third-order valence-corrected chi connectivity index (χ3v) is 7.00. The van der Waals surface area contributed by atoms with Crippen molar-refractivity contribution in [2.45, 2.75) is 52.5 Å². The molecule has 0 saturated carbocycles. The molecule has 4 rings (SSSR count). The summed E-state index contributed by atoms with van der Waals surface area (Å²) in [4.78, 5) is 43.8. The Morgan fingerprint density at radius 1 is 1.09 bits per heavy atom. The molecule has 2 fully saturated rings. The highest BCUT2D eigenvalue weighted by molar-refractivity contribution is 5.91. The van der Waals surface area contributed by atoms with E-state index >= 15 is 0 Å². The van der Waals surface area contributed by atoms with Gasteiger partial charge in [-0.1, -0.05) is 80.4 Å². The zero-order chi connectivity index (χ0) is 25.1. The first-order chi connectivity index (χ1) is 16.8. The number of carbonyl (C=O) groups is 3. The maximum absolute atomic E-state index is 13.7. The molecular formula is C27H35N5O3. The number of nitrogens with one attached hydrogen (secondary N) is 1. The number of aryl methyl sites for hydroxylation is 1. The maximum atomic E-state index is 13.7. The van der Waals surface area contributed by atoms with E-state index in [4.69, 9.17) is 0 Å². The highest BCUT2D eigenvalue weighted by Gasteiger charge is 2.51. The molecule has 2 aliphatic heterocycles. The lowest BCUT2D eigenvalue weighted by atomic mass is 9.92. The van der Waals surface area contributed by atoms with Gasteiger partial charge in [0.25, 0.3) is 0 Å². The molecule has 0 spiro atoms. The quantitative estimate of drug-likeness (QED) is 0.694. The molecule has 2 aromatic carbocycles. The van der Waals surface area contributed by atoms with Gasteiger partial charge in [-0.25, -0.2) is 14.8 Å². The van der Waals surface area contributed by atoms with Crippen molar-refractivity contribution in [1.82, 2.24) is 25.1 Å². The van der Waals surface area contributed by atoms with Gasteiger partial charge in [-0.15, -0.1) is 0 Å². The molecule has 4 amide bonds. The Balaban J connectivity index is 1.63. The van der Waals surface area contributed by atoms with Crippen molar-refractivity contribution in [3.05, 3.63) is 71.3 Å². The summed E-state index contributed by atoms with van der Waals surface area (Å²) in [6.45, 7) is 7.18. The van der Waals surface area contributed by atoms with Crippen LogP contribution in [0.4, 0.5) is 4.79 Å². The normalized spacial score (nSPS) is 21.7. The van der Waals surface area contributed by atoms with E-state index in [0.717, 1.165) is 23.1 Å². The van der Waals surface area contributed by atoms with E-state index in [9.17, 15) is 14.4 Å². The van der Waals surface area contributed by atoms with Gasteiger partial charge < -0.3 is 15.1 Å². The van der Waals surface area contributed by atoms with Crippen LogP contribution in [0, 0.1) is 12.8 Å². The van der Waals surface area contributed by atoms with E-state index in [1.54, 1.807) is 26.9 Å². The molecule has 1 N–H and O–H groups in total. The first-order valence-corrected chi connectivity index (χ1v) is 12.3. The summed E-state index contributed by atoms with van der Waals surface area (Å²) in [5, 5.41) is 6.26. The molecule has 8 nitrogen and oxygen atoms in total. The van der Waals surface area contributed by atoms with Crippen LogP contribution in [-0.4, -0.2) is 70.0 Å². The minimum atomic E-state index is -0.603. The summed E-state index contributed by atoms with van der Waals surface area (Å²) < 4.78 is 0. The molecule has 0 radical (unpaired) electrons. The Kier molecular flexibility index (Phi) is 7.40. The molecule has 2 aliphatic rings. The smallest absolute Gasteiger partial charge is 0.333 e. The van der Waals surface area contributed by atoms with Crippen LogP contribution in [0.25, 0.3) is 0 Å². The summed E-state index contributed by atoms with van der Waals surface area (Å²) in [6, 6.07) is 16.9. The second kappa shape index (κ2) is 10.5. The van der Waals surface area contributed by atoms with Gasteiger partial charge in [0.05, 0.1) is 13.1 Å². The highest BCUT2D eigenvalue weighted by atomic mass is 16.2. The van der Waals surface area contributed by atoms with E-state index in [-0.39, 0.29) is 36.9 Å². The first kappa shape index (κ1) is 24.7. The molecule has 0 bridgehead atoms. The lowest BCUT2D eigenvalue weighted by Crippen LogP contribution is -2.76. The number of hydrazine groups is 1. The van der Waals surface area contributed by atoms with E-state index in [2.05, 4.69) is 11.4 Å². The maximum Gasteiger partial charge on any atom is 0.334 e. The Morgan fingerprint density at radius 3 is 2.49 bits per heavy atom. The molecular weight excluding hydrogens is 442 g/mol. The molecule has 186 valence electrons. The molecule has 0 aromatic heterocycles. The van der Waals surface area contributed by atoms with Crippen LogP contribution in [0.1, 0.15) is 37.0 Å². The van der Waals surface area contributed by atoms with Gasteiger partial charge in [0.15, 0.2) is 0 Å². The fourth-order valence-corrected chi connectivity index (χ4v) is 5.02. The second-order valence-corrected chi connectivity index (χ2v) is 9.62. The monoisotopic (exact) mass is 477 g/mol. The van der Waals surface area contributed by atoms with E-state index in [1.165, 1.54) is 0 Å². The number of carbonyl (C=O) groups excluding carboxylic acids is 3. The van der Waals surface area contributed by atoms with E-state index in [0.29, 0.717) is 13.1 Å². The summed E-state index contributed by atoms with van der Waals surface area (Å²) >= 11 is 0. The Bertz CT molecular complexity index is 1080. The molecule has 35 heavy (non-hydrogen) atoms. The second-order valence-electron chi connectivity index (χ2n) is 9.62. The van der Waals surface area contributed by atoms with Crippen LogP contribution in [0.3, 0.4) is 0 Å². The number of amides is 4. The van der Waals surface area contributed by atoms with Gasteiger partial charge >= 0.3 is 6.03 Å². The van der Waals surface area contributed by atoms with Crippen LogP contribution < -0.4 is 5.32 Å². The number of nitrogens with zero attached hydrogens (tertiary/aromatic N) is 4. The molecule has 2 saturated heterocycles. The number of urea groups is 1. The largest absolute Gasteiger partial charge is 0.334 e. The first-order valence-electron chi connectivity index (χ1n) is 12.3. The highest BCUT2D eigenvalue weighted by Crippen LogP contribution is 2.31. The fourth-order valence-electron chi connectivity index (χ4n) is 5.02. The van der Waals surface area contributed by atoms with Crippen molar-refractivity contribution in [1.29, 1.82) is 0 Å². The lowest BCUT2D eigenvalue weighted by Gasteiger charge is -2.55. The summed E-state index contributed by atoms with van der Waals surface area (Å²) in [5.41, 5.74) is 3.15. The number of hydrogen-bond acceptors (Lipinski definition) is 4. The SMILES string of the molecule is CCC(C)[C@H]1C(=O)N(Cc2cccc(C)c2)C[C@H]2N1C(=O)CN(C)N2C(=O)NCc1ccccc1. The molecule has 0 aliphatic carbocycles.